The highest BCUT2D eigenvalue weighted by Gasteiger charge is 1.99. The number of rotatable bonds is 14. The fourth-order valence-corrected chi connectivity index (χ4v) is 2.06. The van der Waals surface area contributed by atoms with Gasteiger partial charge in [-0.3, -0.25) is 9.79 Å². The van der Waals surface area contributed by atoms with E-state index in [1.165, 1.54) is 51.3 Å². The summed E-state index contributed by atoms with van der Waals surface area (Å²) in [5.74, 6) is 5.15. The number of aliphatic imine (C=N–C) groups is 1. The molecule has 1 amide bonds. The molecule has 0 rings (SSSR count). The van der Waals surface area contributed by atoms with E-state index in [0.29, 0.717) is 19.5 Å². The Labute approximate surface area is 123 Å². The van der Waals surface area contributed by atoms with E-state index < -0.39 is 0 Å². The van der Waals surface area contributed by atoms with Crippen LogP contribution in [-0.4, -0.2) is 25.3 Å². The van der Waals surface area contributed by atoms with E-state index in [9.17, 15) is 4.79 Å². The van der Waals surface area contributed by atoms with Crippen LogP contribution in [0.3, 0.4) is 0 Å². The number of nitrogens with one attached hydrogen (secondary N) is 2. The first-order chi connectivity index (χ1) is 9.81. The number of carbonyl (C=O) groups excluding carboxylic acids is 1. The van der Waals surface area contributed by atoms with E-state index in [1.54, 1.807) is 0 Å². The third kappa shape index (κ3) is 15.0. The van der Waals surface area contributed by atoms with Gasteiger partial charge in [-0.15, -0.1) is 0 Å². The van der Waals surface area contributed by atoms with E-state index >= 15 is 0 Å². The van der Waals surface area contributed by atoms with Gasteiger partial charge in [-0.05, 0) is 6.42 Å². The highest BCUT2D eigenvalue weighted by Crippen LogP contribution is 2.10. The molecule has 0 aliphatic heterocycles. The van der Waals surface area contributed by atoms with Crippen LogP contribution in [0, 0.1) is 0 Å². The molecule has 20 heavy (non-hydrogen) atoms. The minimum absolute atomic E-state index is 0.129. The molecule has 5 nitrogen and oxygen atoms in total. The van der Waals surface area contributed by atoms with Crippen molar-refractivity contribution in [3.63, 3.8) is 0 Å². The van der Waals surface area contributed by atoms with Crippen molar-refractivity contribution >= 4 is 12.2 Å². The quantitative estimate of drug-likeness (QED) is 0.151. The van der Waals surface area contributed by atoms with Crippen molar-refractivity contribution in [1.82, 2.24) is 10.7 Å². The minimum Gasteiger partial charge on any atom is -0.354 e. The van der Waals surface area contributed by atoms with Gasteiger partial charge in [0.05, 0.1) is 12.9 Å². The van der Waals surface area contributed by atoms with Crippen LogP contribution in [0.4, 0.5) is 0 Å². The first-order valence-electron chi connectivity index (χ1n) is 8.02. The summed E-state index contributed by atoms with van der Waals surface area (Å²) in [4.78, 5) is 15.4. The molecule has 118 valence electrons. The summed E-state index contributed by atoms with van der Waals surface area (Å²) in [7, 11) is 0. The molecule has 0 heterocycles. The van der Waals surface area contributed by atoms with Gasteiger partial charge in [0.15, 0.2) is 0 Å². The van der Waals surface area contributed by atoms with Crippen LogP contribution in [0.5, 0.6) is 0 Å². The first kappa shape index (κ1) is 18.9. The minimum atomic E-state index is 0.129. The Morgan fingerprint density at radius 1 is 1.05 bits per heavy atom. The molecule has 0 unspecified atom stereocenters. The molecule has 4 N–H and O–H groups in total. The maximum atomic E-state index is 11.5. The van der Waals surface area contributed by atoms with Gasteiger partial charge in [0, 0.05) is 13.0 Å². The van der Waals surface area contributed by atoms with Crippen molar-refractivity contribution in [3.8, 4) is 0 Å². The number of unbranched alkanes of at least 4 members (excludes halogenated alkanes) is 8. The zero-order valence-electron chi connectivity index (χ0n) is 13.0. The maximum Gasteiger partial charge on any atom is 0.220 e. The maximum absolute atomic E-state index is 11.5. The molecule has 0 atom stereocenters. The standard InChI is InChI=1S/C15H32N4O/c1-2-3-4-5-6-7-8-9-10-11-15(20)18-13-12-17-14-19-16/h14H,2-13,16H2,1H3,(H,17,19)(H,18,20). The van der Waals surface area contributed by atoms with Crippen molar-refractivity contribution in [2.45, 2.75) is 71.1 Å². The number of amides is 1. The smallest absolute Gasteiger partial charge is 0.220 e. The molecule has 0 aromatic carbocycles. The topological polar surface area (TPSA) is 79.5 Å². The summed E-state index contributed by atoms with van der Waals surface area (Å²) in [5, 5.41) is 2.85. The van der Waals surface area contributed by atoms with Gasteiger partial charge >= 0.3 is 0 Å². The molecular weight excluding hydrogens is 252 g/mol. The number of nitrogens with zero attached hydrogens (tertiary/aromatic N) is 1. The second kappa shape index (κ2) is 16.0. The number of hydrogen-bond donors (Lipinski definition) is 3. The monoisotopic (exact) mass is 284 g/mol. The lowest BCUT2D eigenvalue weighted by molar-refractivity contribution is -0.121. The zero-order chi connectivity index (χ0) is 14.9. The zero-order valence-corrected chi connectivity index (χ0v) is 13.0. The van der Waals surface area contributed by atoms with Gasteiger partial charge in [-0.25, -0.2) is 5.84 Å². The molecule has 0 bridgehead atoms. The largest absolute Gasteiger partial charge is 0.354 e. The summed E-state index contributed by atoms with van der Waals surface area (Å²) in [5.41, 5.74) is 2.32. The molecule has 5 heteroatoms. The van der Waals surface area contributed by atoms with Crippen molar-refractivity contribution in [1.29, 1.82) is 0 Å². The predicted molar refractivity (Wildman–Crippen MR) is 85.5 cm³/mol. The Bertz CT molecular complexity index is 244. The summed E-state index contributed by atoms with van der Waals surface area (Å²) in [6.07, 6.45) is 13.5. The predicted octanol–water partition coefficient (Wildman–Crippen LogP) is 2.52. The fourth-order valence-electron chi connectivity index (χ4n) is 2.06. The first-order valence-corrected chi connectivity index (χ1v) is 8.02. The average Bonchev–Trinajstić information content (AvgIpc) is 2.45. The van der Waals surface area contributed by atoms with Gasteiger partial charge in [0.25, 0.3) is 0 Å². The molecular formula is C15H32N4O. The van der Waals surface area contributed by atoms with Crippen molar-refractivity contribution in [2.75, 3.05) is 13.1 Å². The molecule has 0 radical (unpaired) electrons. The lowest BCUT2D eigenvalue weighted by Gasteiger charge is -2.04. The second-order valence-corrected chi connectivity index (χ2v) is 5.13. The Hall–Kier alpha value is -1.10. The summed E-state index contributed by atoms with van der Waals surface area (Å²) < 4.78 is 0. The van der Waals surface area contributed by atoms with Gasteiger partial charge in [0.2, 0.25) is 5.91 Å². The lowest BCUT2D eigenvalue weighted by atomic mass is 10.1. The van der Waals surface area contributed by atoms with E-state index in [0.717, 1.165) is 12.8 Å². The molecule has 0 aromatic heterocycles. The Morgan fingerprint density at radius 2 is 1.65 bits per heavy atom. The highest BCUT2D eigenvalue weighted by atomic mass is 16.1. The molecule has 0 saturated heterocycles. The van der Waals surface area contributed by atoms with Gasteiger partial charge in [0.1, 0.15) is 0 Å². The van der Waals surface area contributed by atoms with Gasteiger partial charge in [-0.1, -0.05) is 58.3 Å². The second-order valence-electron chi connectivity index (χ2n) is 5.13. The van der Waals surface area contributed by atoms with Crippen LogP contribution < -0.4 is 16.6 Å². The lowest BCUT2D eigenvalue weighted by Crippen LogP contribution is -2.26. The number of hydrazine groups is 1. The van der Waals surface area contributed by atoms with E-state index in [2.05, 4.69) is 22.7 Å². The third-order valence-electron chi connectivity index (χ3n) is 3.24. The van der Waals surface area contributed by atoms with Crippen molar-refractivity contribution in [2.24, 2.45) is 10.8 Å². The molecule has 0 fully saturated rings. The third-order valence-corrected chi connectivity index (χ3v) is 3.24. The van der Waals surface area contributed by atoms with Crippen LogP contribution in [0.1, 0.15) is 71.1 Å². The molecule has 0 saturated carbocycles. The van der Waals surface area contributed by atoms with Crippen molar-refractivity contribution in [3.05, 3.63) is 0 Å². The van der Waals surface area contributed by atoms with Crippen LogP contribution in [0.25, 0.3) is 0 Å². The molecule has 0 aliphatic rings. The number of carbonyl (C=O) groups is 1. The molecule has 0 aromatic rings. The molecule has 0 spiro atoms. The Morgan fingerprint density at radius 3 is 2.25 bits per heavy atom. The van der Waals surface area contributed by atoms with E-state index in [4.69, 9.17) is 5.84 Å². The molecule has 0 aliphatic carbocycles. The van der Waals surface area contributed by atoms with Crippen molar-refractivity contribution < 1.29 is 4.79 Å². The van der Waals surface area contributed by atoms with E-state index in [-0.39, 0.29) is 5.91 Å². The highest BCUT2D eigenvalue weighted by molar-refractivity contribution is 5.75. The SMILES string of the molecule is CCCCCCCCCCCC(=O)NCCN=CNN. The normalized spacial score (nSPS) is 10.9. The van der Waals surface area contributed by atoms with Crippen LogP contribution in [-0.2, 0) is 4.79 Å². The summed E-state index contributed by atoms with van der Waals surface area (Å²) in [6.45, 7) is 3.38. The van der Waals surface area contributed by atoms with Crippen LogP contribution in [0.2, 0.25) is 0 Å². The Balaban J connectivity index is 3.17. The van der Waals surface area contributed by atoms with Gasteiger partial charge < -0.3 is 10.7 Å². The van der Waals surface area contributed by atoms with Gasteiger partial charge in [-0.2, -0.15) is 0 Å². The van der Waals surface area contributed by atoms with E-state index in [1.807, 2.05) is 0 Å². The Kier molecular flexibility index (Phi) is 15.1. The number of nitrogens with two attached hydrogens (primary N) is 1. The van der Waals surface area contributed by atoms with Crippen LogP contribution in [0.15, 0.2) is 4.99 Å². The number of hydrogen-bond acceptors (Lipinski definition) is 3. The summed E-state index contributed by atoms with van der Waals surface area (Å²) >= 11 is 0. The average molecular weight is 284 g/mol. The fraction of sp³-hybridized carbons (Fsp3) is 0.867. The van der Waals surface area contributed by atoms with Crippen LogP contribution >= 0.6 is 0 Å². The summed E-state index contributed by atoms with van der Waals surface area (Å²) in [6, 6.07) is 0.